The van der Waals surface area contributed by atoms with Gasteiger partial charge in [0.25, 0.3) is 5.89 Å². The maximum absolute atomic E-state index is 6.76. The second kappa shape index (κ2) is 3.58. The lowest BCUT2D eigenvalue weighted by molar-refractivity contribution is 0.374. The number of piperidine rings is 1. The van der Waals surface area contributed by atoms with Crippen LogP contribution in [0, 0.1) is 6.57 Å². The Hall–Kier alpha value is -1.34. The second-order valence-corrected chi connectivity index (χ2v) is 3.18. The monoisotopic (exact) mass is 177 g/mol. The highest BCUT2D eigenvalue weighted by Gasteiger charge is 2.22. The van der Waals surface area contributed by atoms with Crippen LogP contribution in [0.15, 0.2) is 10.7 Å². The number of hydrogen-bond acceptors (Lipinski definition) is 3. The summed E-state index contributed by atoms with van der Waals surface area (Å²) in [6.07, 6.45) is 3.54. The molecule has 1 aliphatic rings. The SMILES string of the molecule is [C-]#[N+]c1coc(C2CCNCC2)n1. The van der Waals surface area contributed by atoms with E-state index in [0.717, 1.165) is 31.8 Å². The quantitative estimate of drug-likeness (QED) is 0.664. The summed E-state index contributed by atoms with van der Waals surface area (Å²) in [4.78, 5) is 7.32. The summed E-state index contributed by atoms with van der Waals surface area (Å²) >= 11 is 0. The average Bonchev–Trinajstić information content (AvgIpc) is 2.67. The van der Waals surface area contributed by atoms with E-state index in [1.54, 1.807) is 0 Å². The maximum Gasteiger partial charge on any atom is 0.308 e. The molecule has 2 rings (SSSR count). The zero-order valence-electron chi connectivity index (χ0n) is 7.29. The van der Waals surface area contributed by atoms with Crippen LogP contribution in [0.3, 0.4) is 0 Å². The Morgan fingerprint density at radius 1 is 1.54 bits per heavy atom. The van der Waals surface area contributed by atoms with Gasteiger partial charge >= 0.3 is 5.82 Å². The van der Waals surface area contributed by atoms with Crippen molar-refractivity contribution in [2.24, 2.45) is 0 Å². The summed E-state index contributed by atoms with van der Waals surface area (Å²) in [7, 11) is 0. The number of hydrogen-bond donors (Lipinski definition) is 1. The fraction of sp³-hybridized carbons (Fsp3) is 0.556. The molecule has 1 aliphatic heterocycles. The average molecular weight is 177 g/mol. The summed E-state index contributed by atoms with van der Waals surface area (Å²) < 4.78 is 5.24. The molecule has 13 heavy (non-hydrogen) atoms. The molecule has 0 bridgehead atoms. The van der Waals surface area contributed by atoms with E-state index in [1.807, 2.05) is 0 Å². The van der Waals surface area contributed by atoms with Crippen LogP contribution in [0.2, 0.25) is 0 Å². The molecule has 1 saturated heterocycles. The van der Waals surface area contributed by atoms with E-state index in [9.17, 15) is 0 Å². The molecule has 0 atom stereocenters. The Morgan fingerprint density at radius 3 is 2.92 bits per heavy atom. The van der Waals surface area contributed by atoms with E-state index < -0.39 is 0 Å². The van der Waals surface area contributed by atoms with Crippen molar-refractivity contribution in [2.45, 2.75) is 18.8 Å². The van der Waals surface area contributed by atoms with Crippen molar-refractivity contribution in [3.05, 3.63) is 23.6 Å². The van der Waals surface area contributed by atoms with Gasteiger partial charge in [-0.2, -0.15) is 0 Å². The number of rotatable bonds is 1. The molecule has 1 aromatic heterocycles. The molecule has 0 amide bonds. The van der Waals surface area contributed by atoms with Gasteiger partial charge in [0.15, 0.2) is 0 Å². The van der Waals surface area contributed by atoms with Gasteiger partial charge in [-0.25, -0.2) is 0 Å². The first-order chi connectivity index (χ1) is 6.40. The summed E-state index contributed by atoms with van der Waals surface area (Å²) in [6, 6.07) is 0. The molecule has 0 aliphatic carbocycles. The van der Waals surface area contributed by atoms with Gasteiger partial charge in [0, 0.05) is 0 Å². The van der Waals surface area contributed by atoms with E-state index in [0.29, 0.717) is 11.7 Å². The molecule has 1 aromatic rings. The molecule has 0 radical (unpaired) electrons. The second-order valence-electron chi connectivity index (χ2n) is 3.18. The van der Waals surface area contributed by atoms with Gasteiger partial charge in [-0.05, 0) is 25.9 Å². The number of aromatic nitrogens is 1. The predicted molar refractivity (Wildman–Crippen MR) is 47.6 cm³/mol. The topological polar surface area (TPSA) is 42.4 Å². The van der Waals surface area contributed by atoms with Gasteiger partial charge in [-0.15, -0.1) is 0 Å². The summed E-state index contributed by atoms with van der Waals surface area (Å²) in [6.45, 7) is 8.79. The smallest absolute Gasteiger partial charge is 0.308 e. The van der Waals surface area contributed by atoms with Gasteiger partial charge in [-0.3, -0.25) is 0 Å². The zero-order chi connectivity index (χ0) is 9.10. The largest absolute Gasteiger partial charge is 0.442 e. The highest BCUT2D eigenvalue weighted by atomic mass is 16.3. The molecule has 0 spiro atoms. The van der Waals surface area contributed by atoms with Crippen molar-refractivity contribution in [1.29, 1.82) is 0 Å². The Bertz CT molecular complexity index is 320. The minimum absolute atomic E-state index is 0.369. The normalized spacial score (nSPS) is 18.4. The highest BCUT2D eigenvalue weighted by molar-refractivity contribution is 5.31. The van der Waals surface area contributed by atoms with Gasteiger partial charge in [0.2, 0.25) is 0 Å². The molecule has 4 heteroatoms. The summed E-state index contributed by atoms with van der Waals surface area (Å²) in [5, 5.41) is 3.28. The number of nitrogens with zero attached hydrogens (tertiary/aromatic N) is 2. The number of oxazole rings is 1. The van der Waals surface area contributed by atoms with E-state index in [-0.39, 0.29) is 0 Å². The summed E-state index contributed by atoms with van der Waals surface area (Å²) in [5.41, 5.74) is 0. The first-order valence-electron chi connectivity index (χ1n) is 4.44. The molecule has 0 unspecified atom stereocenters. The Labute approximate surface area is 76.8 Å². The van der Waals surface area contributed by atoms with Crippen LogP contribution < -0.4 is 5.32 Å². The van der Waals surface area contributed by atoms with Crippen molar-refractivity contribution in [3.63, 3.8) is 0 Å². The molecular weight excluding hydrogens is 166 g/mol. The highest BCUT2D eigenvalue weighted by Crippen LogP contribution is 2.26. The van der Waals surface area contributed by atoms with Crippen LogP contribution in [-0.2, 0) is 0 Å². The van der Waals surface area contributed by atoms with Crippen LogP contribution in [0.25, 0.3) is 4.85 Å². The lowest BCUT2D eigenvalue weighted by atomic mass is 9.98. The Morgan fingerprint density at radius 2 is 2.31 bits per heavy atom. The van der Waals surface area contributed by atoms with Crippen LogP contribution in [0.4, 0.5) is 5.82 Å². The maximum atomic E-state index is 6.76. The molecule has 68 valence electrons. The fourth-order valence-electron chi connectivity index (χ4n) is 1.59. The third kappa shape index (κ3) is 1.70. The minimum atomic E-state index is 0.369. The van der Waals surface area contributed by atoms with E-state index in [1.165, 1.54) is 6.26 Å². The van der Waals surface area contributed by atoms with Crippen molar-refractivity contribution in [2.75, 3.05) is 13.1 Å². The molecule has 0 saturated carbocycles. The molecule has 4 nitrogen and oxygen atoms in total. The Balaban J connectivity index is 2.11. The van der Waals surface area contributed by atoms with Crippen LogP contribution in [-0.4, -0.2) is 18.1 Å². The lowest BCUT2D eigenvalue weighted by Gasteiger charge is -2.17. The van der Waals surface area contributed by atoms with E-state index >= 15 is 0 Å². The number of nitrogens with one attached hydrogen (secondary N) is 1. The molecular formula is C9H11N3O. The molecule has 1 N–H and O–H groups in total. The fourth-order valence-corrected chi connectivity index (χ4v) is 1.59. The standard InChI is InChI=1S/C9H11N3O/c1-10-8-6-13-9(12-8)7-2-4-11-5-3-7/h6-7,11H,2-5H2. The minimum Gasteiger partial charge on any atom is -0.442 e. The van der Waals surface area contributed by atoms with Crippen molar-refractivity contribution in [3.8, 4) is 0 Å². The first-order valence-corrected chi connectivity index (χ1v) is 4.44. The van der Waals surface area contributed by atoms with Crippen LogP contribution in [0.5, 0.6) is 0 Å². The third-order valence-corrected chi connectivity index (χ3v) is 2.31. The van der Waals surface area contributed by atoms with Crippen molar-refractivity contribution in [1.82, 2.24) is 10.3 Å². The van der Waals surface area contributed by atoms with Gasteiger partial charge in [-0.1, -0.05) is 11.6 Å². The third-order valence-electron chi connectivity index (χ3n) is 2.31. The van der Waals surface area contributed by atoms with Crippen molar-refractivity contribution >= 4 is 5.82 Å². The van der Waals surface area contributed by atoms with Gasteiger partial charge < -0.3 is 14.6 Å². The molecule has 0 aromatic carbocycles. The van der Waals surface area contributed by atoms with E-state index in [4.69, 9.17) is 11.0 Å². The summed E-state index contributed by atoms with van der Waals surface area (Å²) in [5.74, 6) is 1.50. The first kappa shape index (κ1) is 8.27. The van der Waals surface area contributed by atoms with Crippen LogP contribution in [0.1, 0.15) is 24.7 Å². The zero-order valence-corrected chi connectivity index (χ0v) is 7.29. The lowest BCUT2D eigenvalue weighted by Crippen LogP contribution is -2.26. The molecule has 2 heterocycles. The van der Waals surface area contributed by atoms with E-state index in [2.05, 4.69) is 15.1 Å². The Kier molecular flexibility index (Phi) is 2.28. The van der Waals surface area contributed by atoms with Crippen molar-refractivity contribution < 1.29 is 4.42 Å². The van der Waals surface area contributed by atoms with Gasteiger partial charge in [0.1, 0.15) is 6.26 Å². The van der Waals surface area contributed by atoms with Gasteiger partial charge in [0.05, 0.1) is 5.92 Å². The molecule has 1 fully saturated rings. The predicted octanol–water partition coefficient (Wildman–Crippen LogP) is 1.69. The van der Waals surface area contributed by atoms with Crippen LogP contribution >= 0.6 is 0 Å².